The van der Waals surface area contributed by atoms with Gasteiger partial charge in [-0.25, -0.2) is 0 Å². The van der Waals surface area contributed by atoms with Gasteiger partial charge in [-0.15, -0.1) is 36.6 Å². The van der Waals surface area contributed by atoms with Crippen molar-refractivity contribution in [3.05, 3.63) is 0 Å². The lowest BCUT2D eigenvalue weighted by atomic mass is 10.1. The maximum atomic E-state index is 11.8. The molecule has 2 atom stereocenters. The number of nitrogens with zero attached hydrogens (tertiary/aromatic N) is 1. The van der Waals surface area contributed by atoms with Gasteiger partial charge in [-0.1, -0.05) is 0 Å². The smallest absolute Gasteiger partial charge is 0.238 e. The van der Waals surface area contributed by atoms with Crippen LogP contribution >= 0.6 is 36.6 Å². The first-order chi connectivity index (χ1) is 8.33. The Balaban J connectivity index is 0.000000902. The number of thioether (sulfide) groups is 1. The van der Waals surface area contributed by atoms with Gasteiger partial charge in [0.25, 0.3) is 0 Å². The number of halogens is 2. The lowest BCUT2D eigenvalue weighted by molar-refractivity contribution is -0.122. The van der Waals surface area contributed by atoms with Gasteiger partial charge in [0.2, 0.25) is 5.91 Å². The molecule has 2 saturated heterocycles. The van der Waals surface area contributed by atoms with E-state index in [9.17, 15) is 4.79 Å². The topological polar surface area (TPSA) is 44.4 Å². The molecule has 3 aliphatic rings. The van der Waals surface area contributed by atoms with E-state index in [-0.39, 0.29) is 36.8 Å². The molecule has 0 spiro atoms. The van der Waals surface area contributed by atoms with E-state index in [4.69, 9.17) is 0 Å². The van der Waals surface area contributed by atoms with Crippen molar-refractivity contribution in [1.82, 2.24) is 15.5 Å². The number of likely N-dealkylation sites (tertiary alicyclic amines) is 1. The summed E-state index contributed by atoms with van der Waals surface area (Å²) >= 11 is 1.80. The number of hydrogen-bond donors (Lipinski definition) is 2. The summed E-state index contributed by atoms with van der Waals surface area (Å²) in [5, 5.41) is 6.31. The number of amides is 1. The molecule has 0 radical (unpaired) electrons. The summed E-state index contributed by atoms with van der Waals surface area (Å²) in [5.74, 6) is 2.70. The third-order valence-corrected chi connectivity index (χ3v) is 4.92. The van der Waals surface area contributed by atoms with Gasteiger partial charge >= 0.3 is 0 Å². The third-order valence-electron chi connectivity index (χ3n) is 3.98. The molecule has 1 aliphatic carbocycles. The third kappa shape index (κ3) is 4.67. The summed E-state index contributed by atoms with van der Waals surface area (Å²) in [6.45, 7) is 3.30. The van der Waals surface area contributed by atoms with Gasteiger partial charge in [0.1, 0.15) is 0 Å². The van der Waals surface area contributed by atoms with Crippen LogP contribution in [0.3, 0.4) is 0 Å². The van der Waals surface area contributed by atoms with Crippen LogP contribution in [-0.4, -0.2) is 54.2 Å². The van der Waals surface area contributed by atoms with E-state index in [0.29, 0.717) is 5.92 Å². The maximum absolute atomic E-state index is 11.8. The summed E-state index contributed by atoms with van der Waals surface area (Å²) < 4.78 is 0. The molecule has 7 heteroatoms. The van der Waals surface area contributed by atoms with Gasteiger partial charge in [-0.05, 0) is 31.7 Å². The van der Waals surface area contributed by atoms with Crippen molar-refractivity contribution in [1.29, 1.82) is 0 Å². The second kappa shape index (κ2) is 7.93. The molecular formula is C12H23Cl2N3OS. The van der Waals surface area contributed by atoms with E-state index in [0.717, 1.165) is 24.2 Å². The Hall–Kier alpha value is 0.320. The summed E-state index contributed by atoms with van der Waals surface area (Å²) in [5.41, 5.74) is 0. The zero-order chi connectivity index (χ0) is 11.7. The molecular weight excluding hydrogens is 305 g/mol. The summed E-state index contributed by atoms with van der Waals surface area (Å²) in [4.78, 5) is 14.4. The van der Waals surface area contributed by atoms with Crippen LogP contribution in [0.2, 0.25) is 0 Å². The molecule has 1 amide bonds. The molecule has 2 unspecified atom stereocenters. The Kier molecular flexibility index (Phi) is 7.25. The molecule has 2 aliphatic heterocycles. The van der Waals surface area contributed by atoms with Crippen molar-refractivity contribution in [3.8, 4) is 0 Å². The monoisotopic (exact) mass is 327 g/mol. The van der Waals surface area contributed by atoms with E-state index in [2.05, 4.69) is 15.5 Å². The molecule has 19 heavy (non-hydrogen) atoms. The van der Waals surface area contributed by atoms with Crippen molar-refractivity contribution in [2.75, 3.05) is 31.3 Å². The van der Waals surface area contributed by atoms with E-state index >= 15 is 0 Å². The fraction of sp³-hybridized carbons (Fsp3) is 0.917. The van der Waals surface area contributed by atoms with Gasteiger partial charge in [0, 0.05) is 30.8 Å². The molecule has 112 valence electrons. The fourth-order valence-electron chi connectivity index (χ4n) is 2.73. The van der Waals surface area contributed by atoms with Crippen molar-refractivity contribution >= 4 is 42.5 Å². The number of nitrogens with one attached hydrogen (secondary N) is 2. The van der Waals surface area contributed by atoms with Crippen LogP contribution in [0.4, 0.5) is 0 Å². The first kappa shape index (κ1) is 17.4. The van der Waals surface area contributed by atoms with Crippen LogP contribution < -0.4 is 10.6 Å². The largest absolute Gasteiger partial charge is 0.354 e. The highest BCUT2D eigenvalue weighted by Crippen LogP contribution is 2.31. The molecule has 2 heterocycles. The Morgan fingerprint density at radius 1 is 1.32 bits per heavy atom. The first-order valence-corrected chi connectivity index (χ1v) is 7.81. The Bertz CT molecular complexity index is 299. The highest BCUT2D eigenvalue weighted by atomic mass is 35.5. The van der Waals surface area contributed by atoms with Crippen LogP contribution in [0.1, 0.15) is 19.3 Å². The SMILES string of the molecule is Cl.Cl.O=C(NCC1CCN(C2CC2)C1)C1CSCN1. The lowest BCUT2D eigenvalue weighted by Gasteiger charge is -2.16. The number of carbonyl (C=O) groups is 1. The van der Waals surface area contributed by atoms with Crippen molar-refractivity contribution in [3.63, 3.8) is 0 Å². The summed E-state index contributed by atoms with van der Waals surface area (Å²) in [7, 11) is 0. The van der Waals surface area contributed by atoms with Gasteiger partial charge in [-0.3, -0.25) is 10.1 Å². The Morgan fingerprint density at radius 2 is 2.11 bits per heavy atom. The highest BCUT2D eigenvalue weighted by Gasteiger charge is 2.34. The average molecular weight is 328 g/mol. The molecule has 2 N–H and O–H groups in total. The van der Waals surface area contributed by atoms with Crippen molar-refractivity contribution < 1.29 is 4.79 Å². The maximum Gasteiger partial charge on any atom is 0.238 e. The molecule has 0 bridgehead atoms. The Morgan fingerprint density at radius 3 is 2.74 bits per heavy atom. The van der Waals surface area contributed by atoms with E-state index in [1.54, 1.807) is 11.8 Å². The summed E-state index contributed by atoms with van der Waals surface area (Å²) in [6, 6.07) is 0.921. The highest BCUT2D eigenvalue weighted by molar-refractivity contribution is 7.99. The minimum atomic E-state index is 0. The Labute approximate surface area is 131 Å². The van der Waals surface area contributed by atoms with Gasteiger partial charge in [0.15, 0.2) is 0 Å². The molecule has 0 aromatic heterocycles. The molecule has 3 rings (SSSR count). The first-order valence-electron chi connectivity index (χ1n) is 6.66. The summed E-state index contributed by atoms with van der Waals surface area (Å²) in [6.07, 6.45) is 4.04. The van der Waals surface area contributed by atoms with Crippen molar-refractivity contribution in [2.45, 2.75) is 31.3 Å². The van der Waals surface area contributed by atoms with Gasteiger partial charge in [-0.2, -0.15) is 0 Å². The van der Waals surface area contributed by atoms with E-state index in [1.165, 1.54) is 32.4 Å². The van der Waals surface area contributed by atoms with Crippen molar-refractivity contribution in [2.24, 2.45) is 5.92 Å². The number of hydrogen-bond acceptors (Lipinski definition) is 4. The van der Waals surface area contributed by atoms with Gasteiger partial charge < -0.3 is 10.2 Å². The average Bonchev–Trinajstić information content (AvgIpc) is 2.88. The molecule has 0 aromatic carbocycles. The second-order valence-corrected chi connectivity index (χ2v) is 6.43. The van der Waals surface area contributed by atoms with Crippen LogP contribution in [-0.2, 0) is 4.79 Å². The fourth-order valence-corrected chi connectivity index (χ4v) is 3.67. The standard InChI is InChI=1S/C12H21N3OS.2ClH/c16-12(11-7-17-8-14-11)13-5-9-3-4-15(6-9)10-1-2-10;;/h9-11,14H,1-8H2,(H,13,16);2*1H. The van der Waals surface area contributed by atoms with Crippen LogP contribution in [0.5, 0.6) is 0 Å². The minimum absolute atomic E-state index is 0. The minimum Gasteiger partial charge on any atom is -0.354 e. The predicted octanol–water partition coefficient (Wildman–Crippen LogP) is 1.09. The predicted molar refractivity (Wildman–Crippen MR) is 84.5 cm³/mol. The molecule has 4 nitrogen and oxygen atoms in total. The normalized spacial score (nSPS) is 30.5. The lowest BCUT2D eigenvalue weighted by Crippen LogP contribution is -2.43. The van der Waals surface area contributed by atoms with E-state index in [1.807, 2.05) is 0 Å². The number of carbonyl (C=O) groups excluding carboxylic acids is 1. The van der Waals surface area contributed by atoms with Gasteiger partial charge in [0.05, 0.1) is 6.04 Å². The quantitative estimate of drug-likeness (QED) is 0.811. The van der Waals surface area contributed by atoms with Crippen LogP contribution in [0.25, 0.3) is 0 Å². The van der Waals surface area contributed by atoms with E-state index < -0.39 is 0 Å². The molecule has 3 fully saturated rings. The van der Waals surface area contributed by atoms with Crippen LogP contribution in [0, 0.1) is 5.92 Å². The zero-order valence-electron chi connectivity index (χ0n) is 11.0. The number of rotatable bonds is 4. The molecule has 1 saturated carbocycles. The molecule has 0 aromatic rings. The second-order valence-electron chi connectivity index (χ2n) is 5.40. The van der Waals surface area contributed by atoms with Crippen LogP contribution in [0.15, 0.2) is 0 Å². The zero-order valence-corrected chi connectivity index (χ0v) is 13.4.